The van der Waals surface area contributed by atoms with E-state index in [1.165, 1.54) is 0 Å². The number of oxazole rings is 1. The van der Waals surface area contributed by atoms with Crippen molar-refractivity contribution in [1.29, 1.82) is 0 Å². The number of fused-ring (bicyclic) bond motifs is 1. The third-order valence-electron chi connectivity index (χ3n) is 2.72. The summed E-state index contributed by atoms with van der Waals surface area (Å²) in [6.07, 6.45) is 0.386. The highest BCUT2D eigenvalue weighted by Gasteiger charge is 2.27. The highest BCUT2D eigenvalue weighted by molar-refractivity contribution is 5.72. The van der Waals surface area contributed by atoms with Crippen LogP contribution in [0.1, 0.15) is 18.4 Å². The number of aromatic nitrogens is 1. The molecule has 1 aromatic heterocycles. The molecule has 78 valence electrons. The molecule has 0 spiro atoms. The maximum absolute atomic E-state index is 9.40. The minimum atomic E-state index is -0.287. The maximum atomic E-state index is 9.40. The van der Waals surface area contributed by atoms with Crippen LogP contribution in [0, 0.1) is 0 Å². The number of hydrogen-bond acceptors (Lipinski definition) is 4. The Bertz CT molecular complexity index is 447. The van der Waals surface area contributed by atoms with Gasteiger partial charge in [0.15, 0.2) is 5.58 Å². The molecule has 0 unspecified atom stereocenters. The Morgan fingerprint density at radius 1 is 1.40 bits per heavy atom. The summed E-state index contributed by atoms with van der Waals surface area (Å²) in [7, 11) is 0. The van der Waals surface area contributed by atoms with Crippen molar-refractivity contribution in [1.82, 2.24) is 10.3 Å². The number of rotatable bonds is 1. The van der Waals surface area contributed by atoms with Crippen molar-refractivity contribution in [3.05, 3.63) is 30.2 Å². The Labute approximate surface area is 86.9 Å². The number of para-hydroxylation sites is 2. The largest absolute Gasteiger partial charge is 0.439 e. The van der Waals surface area contributed by atoms with Gasteiger partial charge in [0.2, 0.25) is 5.89 Å². The summed E-state index contributed by atoms with van der Waals surface area (Å²) in [5.41, 5.74) is 1.67. The van der Waals surface area contributed by atoms with Gasteiger partial charge in [0.1, 0.15) is 5.52 Å². The Morgan fingerprint density at radius 2 is 2.27 bits per heavy atom. The van der Waals surface area contributed by atoms with E-state index < -0.39 is 0 Å². The zero-order valence-electron chi connectivity index (χ0n) is 8.18. The fraction of sp³-hybridized carbons (Fsp3) is 0.364. The third kappa shape index (κ3) is 1.52. The quantitative estimate of drug-likeness (QED) is 0.733. The molecule has 4 nitrogen and oxygen atoms in total. The van der Waals surface area contributed by atoms with Crippen LogP contribution >= 0.6 is 0 Å². The lowest BCUT2D eigenvalue weighted by Crippen LogP contribution is -2.14. The summed E-state index contributed by atoms with van der Waals surface area (Å²) < 4.78 is 5.62. The van der Waals surface area contributed by atoms with Crippen LogP contribution in [0.25, 0.3) is 11.1 Å². The van der Waals surface area contributed by atoms with E-state index in [0.717, 1.165) is 11.1 Å². The van der Waals surface area contributed by atoms with E-state index in [9.17, 15) is 5.11 Å². The lowest BCUT2D eigenvalue weighted by atomic mass is 10.2. The number of nitrogens with one attached hydrogen (secondary N) is 1. The Balaban J connectivity index is 1.98. The predicted octanol–water partition coefficient (Wildman–Crippen LogP) is 1.22. The number of aliphatic hydroxyl groups is 1. The van der Waals surface area contributed by atoms with Gasteiger partial charge in [-0.1, -0.05) is 12.1 Å². The molecule has 2 heterocycles. The van der Waals surface area contributed by atoms with Gasteiger partial charge in [-0.25, -0.2) is 4.98 Å². The Kier molecular flexibility index (Phi) is 1.97. The van der Waals surface area contributed by atoms with Crippen molar-refractivity contribution in [2.24, 2.45) is 0 Å². The molecule has 4 heteroatoms. The summed E-state index contributed by atoms with van der Waals surface area (Å²) in [6.45, 7) is 0.614. The first-order valence-corrected chi connectivity index (χ1v) is 5.10. The SMILES string of the molecule is O[C@H]1CN[C@H](c2nc3ccccc3o2)C1. The van der Waals surface area contributed by atoms with Crippen LogP contribution in [-0.4, -0.2) is 22.7 Å². The molecule has 3 rings (SSSR count). The zero-order chi connectivity index (χ0) is 10.3. The summed E-state index contributed by atoms with van der Waals surface area (Å²) in [5.74, 6) is 0.674. The van der Waals surface area contributed by atoms with Crippen molar-refractivity contribution in [2.45, 2.75) is 18.6 Å². The molecule has 0 radical (unpaired) electrons. The summed E-state index contributed by atoms with van der Waals surface area (Å²) in [6, 6.07) is 7.73. The summed E-state index contributed by atoms with van der Waals surface area (Å²) in [5, 5.41) is 12.6. The molecule has 0 amide bonds. The van der Waals surface area contributed by atoms with Crippen LogP contribution < -0.4 is 5.32 Å². The normalized spacial score (nSPS) is 26.2. The molecule has 2 aromatic rings. The molecule has 2 N–H and O–H groups in total. The van der Waals surface area contributed by atoms with Crippen LogP contribution in [0.15, 0.2) is 28.7 Å². The lowest BCUT2D eigenvalue weighted by molar-refractivity contribution is 0.192. The van der Waals surface area contributed by atoms with Gasteiger partial charge in [-0.2, -0.15) is 0 Å². The molecular weight excluding hydrogens is 192 g/mol. The van der Waals surface area contributed by atoms with Gasteiger partial charge >= 0.3 is 0 Å². The first-order chi connectivity index (χ1) is 7.33. The predicted molar refractivity (Wildman–Crippen MR) is 55.4 cm³/mol. The number of β-amino-alcohol motifs (C(OH)–C–C–N with tert-alkyl or cyclic N) is 1. The Morgan fingerprint density at radius 3 is 3.00 bits per heavy atom. The minimum Gasteiger partial charge on any atom is -0.439 e. The second-order valence-corrected chi connectivity index (χ2v) is 3.87. The fourth-order valence-corrected chi connectivity index (χ4v) is 1.94. The molecule has 15 heavy (non-hydrogen) atoms. The zero-order valence-corrected chi connectivity index (χ0v) is 8.18. The number of hydrogen-bond donors (Lipinski definition) is 2. The van der Waals surface area contributed by atoms with Gasteiger partial charge in [-0.05, 0) is 18.6 Å². The van der Waals surface area contributed by atoms with Gasteiger partial charge in [-0.3, -0.25) is 0 Å². The van der Waals surface area contributed by atoms with E-state index in [4.69, 9.17) is 4.42 Å². The van der Waals surface area contributed by atoms with Crippen molar-refractivity contribution < 1.29 is 9.52 Å². The second kappa shape index (κ2) is 3.32. The molecule has 0 bridgehead atoms. The first kappa shape index (κ1) is 8.88. The molecule has 0 aliphatic carbocycles. The van der Waals surface area contributed by atoms with Crippen LogP contribution in [0.3, 0.4) is 0 Å². The van der Waals surface area contributed by atoms with Crippen molar-refractivity contribution in [3.8, 4) is 0 Å². The van der Waals surface area contributed by atoms with Crippen molar-refractivity contribution in [2.75, 3.05) is 6.54 Å². The number of nitrogens with zero attached hydrogens (tertiary/aromatic N) is 1. The fourth-order valence-electron chi connectivity index (χ4n) is 1.94. The van der Waals surface area contributed by atoms with E-state index in [2.05, 4.69) is 10.3 Å². The smallest absolute Gasteiger partial charge is 0.212 e. The van der Waals surface area contributed by atoms with Gasteiger partial charge in [0, 0.05) is 6.54 Å². The standard InChI is InChI=1S/C11H12N2O2/c14-7-5-9(12-6-7)11-13-8-3-1-2-4-10(8)15-11/h1-4,7,9,12,14H,5-6H2/t7-,9+/m1/s1. The van der Waals surface area contributed by atoms with Gasteiger partial charge < -0.3 is 14.8 Å². The van der Waals surface area contributed by atoms with Crippen LogP contribution in [0.4, 0.5) is 0 Å². The highest BCUT2D eigenvalue weighted by Crippen LogP contribution is 2.25. The van der Waals surface area contributed by atoms with E-state index >= 15 is 0 Å². The lowest BCUT2D eigenvalue weighted by Gasteiger charge is -2.02. The van der Waals surface area contributed by atoms with Gasteiger partial charge in [0.05, 0.1) is 12.1 Å². The van der Waals surface area contributed by atoms with Crippen LogP contribution in [0.2, 0.25) is 0 Å². The van der Waals surface area contributed by atoms with E-state index in [1.807, 2.05) is 24.3 Å². The summed E-state index contributed by atoms with van der Waals surface area (Å²) in [4.78, 5) is 4.39. The molecule has 1 aliphatic heterocycles. The first-order valence-electron chi connectivity index (χ1n) is 5.10. The number of aliphatic hydroxyl groups excluding tert-OH is 1. The second-order valence-electron chi connectivity index (χ2n) is 3.87. The minimum absolute atomic E-state index is 0.0485. The van der Waals surface area contributed by atoms with Crippen molar-refractivity contribution in [3.63, 3.8) is 0 Å². The molecule has 1 aromatic carbocycles. The monoisotopic (exact) mass is 204 g/mol. The molecule has 0 saturated carbocycles. The number of benzene rings is 1. The molecule has 1 saturated heterocycles. The van der Waals surface area contributed by atoms with Gasteiger partial charge in [0.25, 0.3) is 0 Å². The van der Waals surface area contributed by atoms with E-state index in [1.54, 1.807) is 0 Å². The topological polar surface area (TPSA) is 58.3 Å². The maximum Gasteiger partial charge on any atom is 0.212 e. The summed E-state index contributed by atoms with van der Waals surface area (Å²) >= 11 is 0. The highest BCUT2D eigenvalue weighted by atomic mass is 16.3. The van der Waals surface area contributed by atoms with Crippen LogP contribution in [-0.2, 0) is 0 Å². The average Bonchev–Trinajstić information content (AvgIpc) is 2.82. The van der Waals surface area contributed by atoms with E-state index in [0.29, 0.717) is 18.9 Å². The van der Waals surface area contributed by atoms with Crippen molar-refractivity contribution >= 4 is 11.1 Å². The molecule has 1 aliphatic rings. The Hall–Kier alpha value is -1.39. The van der Waals surface area contributed by atoms with Crippen LogP contribution in [0.5, 0.6) is 0 Å². The molecule has 1 fully saturated rings. The van der Waals surface area contributed by atoms with Gasteiger partial charge in [-0.15, -0.1) is 0 Å². The van der Waals surface area contributed by atoms with E-state index in [-0.39, 0.29) is 12.1 Å². The third-order valence-corrected chi connectivity index (χ3v) is 2.72. The average molecular weight is 204 g/mol. The molecular formula is C11H12N2O2. The molecule has 2 atom stereocenters.